The highest BCUT2D eigenvalue weighted by molar-refractivity contribution is 7.19. The first-order chi connectivity index (χ1) is 10.2. The Labute approximate surface area is 126 Å². The molecule has 0 amide bonds. The van der Waals surface area contributed by atoms with E-state index in [2.05, 4.69) is 0 Å². The summed E-state index contributed by atoms with van der Waals surface area (Å²) in [6.07, 6.45) is -0.0930. The normalized spacial score (nSPS) is 12.5. The molecule has 1 unspecified atom stereocenters. The molecular formula is C17H15FO2S. The molecule has 1 N–H and O–H groups in total. The van der Waals surface area contributed by atoms with Gasteiger partial charge in [-0.1, -0.05) is 12.1 Å². The second-order valence-electron chi connectivity index (χ2n) is 4.90. The molecule has 2 nitrogen and oxygen atoms in total. The summed E-state index contributed by atoms with van der Waals surface area (Å²) in [5, 5.41) is 11.2. The summed E-state index contributed by atoms with van der Waals surface area (Å²) >= 11 is 1.50. The fourth-order valence-corrected chi connectivity index (χ4v) is 3.35. The SMILES string of the molecule is COc1cccc(CC(O)c2cc3cc(F)ccc3s2)c1. The van der Waals surface area contributed by atoms with Crippen LogP contribution in [0.3, 0.4) is 0 Å². The second kappa shape index (κ2) is 5.84. The number of methoxy groups -OCH3 is 1. The van der Waals surface area contributed by atoms with E-state index in [9.17, 15) is 9.50 Å². The van der Waals surface area contributed by atoms with Gasteiger partial charge < -0.3 is 9.84 Å². The van der Waals surface area contributed by atoms with Gasteiger partial charge in [-0.05, 0) is 47.3 Å². The van der Waals surface area contributed by atoms with Gasteiger partial charge in [0.1, 0.15) is 11.6 Å². The first kappa shape index (κ1) is 14.0. The Morgan fingerprint density at radius 2 is 2.05 bits per heavy atom. The highest BCUT2D eigenvalue weighted by atomic mass is 32.1. The number of thiophene rings is 1. The minimum absolute atomic E-state index is 0.255. The molecule has 21 heavy (non-hydrogen) atoms. The van der Waals surface area contributed by atoms with Crippen molar-refractivity contribution in [1.29, 1.82) is 0 Å². The average Bonchev–Trinajstić information content (AvgIpc) is 2.90. The Morgan fingerprint density at radius 1 is 1.19 bits per heavy atom. The van der Waals surface area contributed by atoms with Gasteiger partial charge in [0.25, 0.3) is 0 Å². The van der Waals surface area contributed by atoms with Crippen molar-refractivity contribution in [3.8, 4) is 5.75 Å². The first-order valence-electron chi connectivity index (χ1n) is 6.66. The number of benzene rings is 2. The molecule has 0 fully saturated rings. The van der Waals surface area contributed by atoms with Gasteiger partial charge in [0.15, 0.2) is 0 Å². The van der Waals surface area contributed by atoms with Crippen molar-refractivity contribution in [3.05, 3.63) is 64.8 Å². The lowest BCUT2D eigenvalue weighted by Crippen LogP contribution is -1.99. The molecule has 1 heterocycles. The largest absolute Gasteiger partial charge is 0.497 e. The summed E-state index contributed by atoms with van der Waals surface area (Å²) in [7, 11) is 1.62. The Hall–Kier alpha value is -1.91. The number of hydrogen-bond acceptors (Lipinski definition) is 3. The molecule has 0 saturated carbocycles. The molecule has 4 heteroatoms. The van der Waals surface area contributed by atoms with Crippen LogP contribution in [0.2, 0.25) is 0 Å². The van der Waals surface area contributed by atoms with Gasteiger partial charge in [0.2, 0.25) is 0 Å². The fourth-order valence-electron chi connectivity index (χ4n) is 2.32. The lowest BCUT2D eigenvalue weighted by atomic mass is 10.1. The number of fused-ring (bicyclic) bond motifs is 1. The second-order valence-corrected chi connectivity index (χ2v) is 6.02. The summed E-state index contributed by atoms with van der Waals surface area (Å²) in [5.74, 6) is 0.521. The van der Waals surface area contributed by atoms with Crippen molar-refractivity contribution >= 4 is 21.4 Å². The highest BCUT2D eigenvalue weighted by Crippen LogP contribution is 2.32. The third-order valence-electron chi connectivity index (χ3n) is 3.39. The molecule has 0 aliphatic rings. The van der Waals surface area contributed by atoms with E-state index in [1.807, 2.05) is 30.3 Å². The molecule has 1 aromatic heterocycles. The predicted octanol–water partition coefficient (Wildman–Crippen LogP) is 4.33. The van der Waals surface area contributed by atoms with Crippen molar-refractivity contribution in [2.75, 3.05) is 7.11 Å². The Morgan fingerprint density at radius 3 is 2.86 bits per heavy atom. The summed E-state index contributed by atoms with van der Waals surface area (Å²) < 4.78 is 19.4. The highest BCUT2D eigenvalue weighted by Gasteiger charge is 2.13. The standard InChI is InChI=1S/C17H15FO2S/c1-20-14-4-2-3-11(7-14)8-15(19)17-10-12-9-13(18)5-6-16(12)21-17/h2-7,9-10,15,19H,8H2,1H3. The predicted molar refractivity (Wildman–Crippen MR) is 83.4 cm³/mol. The summed E-state index contributed by atoms with van der Waals surface area (Å²) in [4.78, 5) is 0.846. The minimum atomic E-state index is -0.599. The Balaban J connectivity index is 1.84. The van der Waals surface area contributed by atoms with Crippen LogP contribution in [0.15, 0.2) is 48.5 Å². The van der Waals surface area contributed by atoms with Crippen LogP contribution >= 0.6 is 11.3 Å². The van der Waals surface area contributed by atoms with Crippen LogP contribution < -0.4 is 4.74 Å². The maximum absolute atomic E-state index is 13.2. The molecule has 1 atom stereocenters. The molecule has 2 aromatic carbocycles. The van der Waals surface area contributed by atoms with Crippen LogP contribution in [0, 0.1) is 5.82 Å². The van der Waals surface area contributed by atoms with E-state index >= 15 is 0 Å². The number of aliphatic hydroxyl groups is 1. The van der Waals surface area contributed by atoms with Gasteiger partial charge in [-0.15, -0.1) is 11.3 Å². The van der Waals surface area contributed by atoms with Gasteiger partial charge in [-0.2, -0.15) is 0 Å². The van der Waals surface area contributed by atoms with Gasteiger partial charge in [-0.3, -0.25) is 0 Å². The third-order valence-corrected chi connectivity index (χ3v) is 4.61. The number of rotatable bonds is 4. The van der Waals surface area contributed by atoms with Crippen LogP contribution in [0.4, 0.5) is 4.39 Å². The molecule has 0 saturated heterocycles. The van der Waals surface area contributed by atoms with Gasteiger partial charge in [-0.25, -0.2) is 4.39 Å². The molecule has 108 valence electrons. The number of halogens is 1. The van der Waals surface area contributed by atoms with E-state index in [1.54, 1.807) is 13.2 Å². The molecule has 0 radical (unpaired) electrons. The Kier molecular flexibility index (Phi) is 3.90. The third kappa shape index (κ3) is 3.06. The minimum Gasteiger partial charge on any atom is -0.497 e. The summed E-state index contributed by atoms with van der Waals surface area (Å²) in [6, 6.07) is 14.2. The van der Waals surface area contributed by atoms with E-state index in [0.717, 1.165) is 26.3 Å². The van der Waals surface area contributed by atoms with Crippen LogP contribution in [0.25, 0.3) is 10.1 Å². The topological polar surface area (TPSA) is 29.5 Å². The molecular weight excluding hydrogens is 287 g/mol. The monoisotopic (exact) mass is 302 g/mol. The maximum Gasteiger partial charge on any atom is 0.123 e. The average molecular weight is 302 g/mol. The molecule has 0 spiro atoms. The van der Waals surface area contributed by atoms with Gasteiger partial charge in [0.05, 0.1) is 13.2 Å². The van der Waals surface area contributed by atoms with Crippen LogP contribution in [0.1, 0.15) is 16.5 Å². The molecule has 3 aromatic rings. The number of ether oxygens (including phenoxy) is 1. The van der Waals surface area contributed by atoms with Gasteiger partial charge in [0, 0.05) is 16.0 Å². The van der Waals surface area contributed by atoms with E-state index in [1.165, 1.54) is 23.5 Å². The quantitative estimate of drug-likeness (QED) is 0.777. The first-order valence-corrected chi connectivity index (χ1v) is 7.47. The molecule has 0 aliphatic carbocycles. The summed E-state index contributed by atoms with van der Waals surface area (Å²) in [5.41, 5.74) is 1.01. The molecule has 0 bridgehead atoms. The van der Waals surface area contributed by atoms with Crippen molar-refractivity contribution in [2.45, 2.75) is 12.5 Å². The smallest absolute Gasteiger partial charge is 0.123 e. The Bertz CT molecular complexity index is 766. The van der Waals surface area contributed by atoms with Crippen molar-refractivity contribution in [2.24, 2.45) is 0 Å². The van der Waals surface area contributed by atoms with Crippen molar-refractivity contribution in [1.82, 2.24) is 0 Å². The van der Waals surface area contributed by atoms with E-state index in [-0.39, 0.29) is 5.82 Å². The van der Waals surface area contributed by atoms with Crippen molar-refractivity contribution < 1.29 is 14.2 Å². The fraction of sp³-hybridized carbons (Fsp3) is 0.176. The van der Waals surface area contributed by atoms with E-state index < -0.39 is 6.10 Å². The van der Waals surface area contributed by atoms with E-state index in [4.69, 9.17) is 4.74 Å². The van der Waals surface area contributed by atoms with Crippen LogP contribution in [-0.2, 0) is 6.42 Å². The number of hydrogen-bond donors (Lipinski definition) is 1. The zero-order valence-electron chi connectivity index (χ0n) is 11.5. The van der Waals surface area contributed by atoms with Crippen LogP contribution in [0.5, 0.6) is 5.75 Å². The van der Waals surface area contributed by atoms with Crippen molar-refractivity contribution in [3.63, 3.8) is 0 Å². The summed E-state index contributed by atoms with van der Waals surface area (Å²) in [6.45, 7) is 0. The molecule has 0 aliphatic heterocycles. The van der Waals surface area contributed by atoms with Crippen LogP contribution in [-0.4, -0.2) is 12.2 Å². The lowest BCUT2D eigenvalue weighted by molar-refractivity contribution is 0.182. The lowest BCUT2D eigenvalue weighted by Gasteiger charge is -2.09. The van der Waals surface area contributed by atoms with Gasteiger partial charge >= 0.3 is 0 Å². The zero-order valence-corrected chi connectivity index (χ0v) is 12.4. The maximum atomic E-state index is 13.2. The number of aliphatic hydroxyl groups excluding tert-OH is 1. The molecule has 3 rings (SSSR count). The van der Waals surface area contributed by atoms with E-state index in [0.29, 0.717) is 6.42 Å². The zero-order chi connectivity index (χ0) is 14.8.